The van der Waals surface area contributed by atoms with E-state index in [1.807, 2.05) is 37.3 Å². The summed E-state index contributed by atoms with van der Waals surface area (Å²) in [7, 11) is 1.72. The number of benzene rings is 3. The van der Waals surface area contributed by atoms with Crippen LogP contribution in [-0.2, 0) is 0 Å². The van der Waals surface area contributed by atoms with E-state index < -0.39 is 0 Å². The third kappa shape index (κ3) is 5.03. The fraction of sp³-hybridized carbons (Fsp3) is 0.130. The van der Waals surface area contributed by atoms with Gasteiger partial charge in [-0.05, 0) is 71.4 Å². The van der Waals surface area contributed by atoms with Crippen LogP contribution in [0.25, 0.3) is 0 Å². The van der Waals surface area contributed by atoms with E-state index in [-0.39, 0.29) is 11.8 Å². The molecule has 0 atom stereocenters. The lowest BCUT2D eigenvalue weighted by Crippen LogP contribution is -2.26. The zero-order chi connectivity index (χ0) is 20.8. The maximum atomic E-state index is 12.8. The smallest absolute Gasteiger partial charge is 0.258 e. The highest BCUT2D eigenvalue weighted by Crippen LogP contribution is 2.26. The Bertz CT molecular complexity index is 1020. The third-order valence-corrected chi connectivity index (χ3v) is 4.93. The summed E-state index contributed by atoms with van der Waals surface area (Å²) in [4.78, 5) is 27.0. The fourth-order valence-corrected chi connectivity index (χ4v) is 3.30. The fourth-order valence-electron chi connectivity index (χ4n) is 2.81. The van der Waals surface area contributed by atoms with Crippen molar-refractivity contribution in [3.63, 3.8) is 0 Å². The molecule has 3 rings (SSSR count). The van der Waals surface area contributed by atoms with Crippen LogP contribution in [0.3, 0.4) is 0 Å². The molecule has 0 aliphatic rings. The van der Waals surface area contributed by atoms with E-state index in [9.17, 15) is 9.59 Å². The maximum absolute atomic E-state index is 12.8. The molecule has 0 radical (unpaired) electrons. The van der Waals surface area contributed by atoms with Gasteiger partial charge in [0, 0.05) is 29.5 Å². The average Bonchev–Trinajstić information content (AvgIpc) is 2.75. The van der Waals surface area contributed by atoms with Crippen molar-refractivity contribution in [3.8, 4) is 5.75 Å². The van der Waals surface area contributed by atoms with Crippen LogP contribution in [0.1, 0.15) is 27.6 Å². The molecular formula is C23H21BrN2O3. The maximum Gasteiger partial charge on any atom is 0.258 e. The molecule has 0 fully saturated rings. The number of anilines is 2. The summed E-state index contributed by atoms with van der Waals surface area (Å²) in [5.74, 6) is 0.256. The van der Waals surface area contributed by atoms with Crippen molar-refractivity contribution >= 4 is 39.1 Å². The molecule has 0 aliphatic heterocycles. The first-order chi connectivity index (χ1) is 14.0. The number of amides is 2. The van der Waals surface area contributed by atoms with Crippen molar-refractivity contribution in [1.82, 2.24) is 0 Å². The minimum Gasteiger partial charge on any atom is -0.493 e. The minimum absolute atomic E-state index is 0.156. The molecule has 3 aromatic rings. The van der Waals surface area contributed by atoms with Gasteiger partial charge in [-0.25, -0.2) is 0 Å². The molecule has 3 aromatic carbocycles. The van der Waals surface area contributed by atoms with Crippen molar-refractivity contribution in [1.29, 1.82) is 0 Å². The Labute approximate surface area is 178 Å². The molecule has 0 saturated heterocycles. The van der Waals surface area contributed by atoms with Gasteiger partial charge in [-0.15, -0.1) is 0 Å². The standard InChI is InChI=1S/C23H21BrN2O3/c1-3-29-21-13-12-16(15-20(21)24)22(27)25-18-9-7-8-17(14-18)23(28)26(2)19-10-5-4-6-11-19/h4-15H,3H2,1-2H3,(H,25,27). The van der Waals surface area contributed by atoms with Crippen LogP contribution in [0.15, 0.2) is 77.3 Å². The van der Waals surface area contributed by atoms with E-state index in [0.29, 0.717) is 33.6 Å². The predicted molar refractivity (Wildman–Crippen MR) is 119 cm³/mol. The second-order valence-electron chi connectivity index (χ2n) is 6.31. The van der Waals surface area contributed by atoms with Crippen molar-refractivity contribution in [2.24, 2.45) is 0 Å². The van der Waals surface area contributed by atoms with Crippen LogP contribution in [0.4, 0.5) is 11.4 Å². The zero-order valence-electron chi connectivity index (χ0n) is 16.2. The SMILES string of the molecule is CCOc1ccc(C(=O)Nc2cccc(C(=O)N(C)c3ccccc3)c2)cc1Br. The quantitative estimate of drug-likeness (QED) is 0.546. The summed E-state index contributed by atoms with van der Waals surface area (Å²) in [6.07, 6.45) is 0. The Kier molecular flexibility index (Phi) is 6.67. The van der Waals surface area contributed by atoms with Crippen LogP contribution in [0.2, 0.25) is 0 Å². The molecule has 5 nitrogen and oxygen atoms in total. The topological polar surface area (TPSA) is 58.6 Å². The molecule has 0 aliphatic carbocycles. The van der Waals surface area contributed by atoms with Gasteiger partial charge in [0.25, 0.3) is 11.8 Å². The number of halogens is 1. The van der Waals surface area contributed by atoms with Crippen LogP contribution >= 0.6 is 15.9 Å². The van der Waals surface area contributed by atoms with E-state index in [2.05, 4.69) is 21.2 Å². The first-order valence-electron chi connectivity index (χ1n) is 9.16. The van der Waals surface area contributed by atoms with Gasteiger partial charge in [-0.3, -0.25) is 9.59 Å². The molecule has 0 aromatic heterocycles. The number of carbonyl (C=O) groups is 2. The van der Waals surface area contributed by atoms with E-state index in [4.69, 9.17) is 4.74 Å². The van der Waals surface area contributed by atoms with Crippen LogP contribution in [0.5, 0.6) is 5.75 Å². The van der Waals surface area contributed by atoms with Crippen molar-refractivity contribution in [3.05, 3.63) is 88.4 Å². The molecule has 29 heavy (non-hydrogen) atoms. The highest BCUT2D eigenvalue weighted by atomic mass is 79.9. The van der Waals surface area contributed by atoms with Crippen LogP contribution < -0.4 is 15.0 Å². The Hall–Kier alpha value is -3.12. The van der Waals surface area contributed by atoms with Gasteiger partial charge in [0.05, 0.1) is 11.1 Å². The Morgan fingerprint density at radius 1 is 0.966 bits per heavy atom. The van der Waals surface area contributed by atoms with Gasteiger partial charge in [0.15, 0.2) is 0 Å². The molecule has 0 unspecified atom stereocenters. The predicted octanol–water partition coefficient (Wildman–Crippen LogP) is 5.38. The second kappa shape index (κ2) is 9.39. The summed E-state index contributed by atoms with van der Waals surface area (Å²) in [6.45, 7) is 2.44. The van der Waals surface area contributed by atoms with Gasteiger partial charge in [0.1, 0.15) is 5.75 Å². The summed E-state index contributed by atoms with van der Waals surface area (Å²) in [6, 6.07) is 21.4. The van der Waals surface area contributed by atoms with Crippen LogP contribution in [0, 0.1) is 0 Å². The molecule has 2 amide bonds. The van der Waals surface area contributed by atoms with Gasteiger partial charge in [0.2, 0.25) is 0 Å². The Morgan fingerprint density at radius 2 is 1.72 bits per heavy atom. The number of carbonyl (C=O) groups excluding carboxylic acids is 2. The second-order valence-corrected chi connectivity index (χ2v) is 7.17. The highest BCUT2D eigenvalue weighted by Gasteiger charge is 2.15. The number of ether oxygens (including phenoxy) is 1. The lowest BCUT2D eigenvalue weighted by atomic mass is 10.1. The molecule has 0 saturated carbocycles. The number of rotatable bonds is 6. The molecule has 148 valence electrons. The summed E-state index contributed by atoms with van der Waals surface area (Å²) < 4.78 is 6.18. The molecule has 0 heterocycles. The van der Waals surface area contributed by atoms with E-state index in [0.717, 1.165) is 5.69 Å². The molecule has 0 spiro atoms. The molecule has 0 bridgehead atoms. The number of hydrogen-bond donors (Lipinski definition) is 1. The summed E-state index contributed by atoms with van der Waals surface area (Å²) >= 11 is 3.42. The number of nitrogens with zero attached hydrogens (tertiary/aromatic N) is 1. The monoisotopic (exact) mass is 452 g/mol. The summed E-state index contributed by atoms with van der Waals surface area (Å²) in [5, 5.41) is 2.84. The largest absolute Gasteiger partial charge is 0.493 e. The van der Waals surface area contributed by atoms with Gasteiger partial charge in [-0.2, -0.15) is 0 Å². The van der Waals surface area contributed by atoms with Gasteiger partial charge >= 0.3 is 0 Å². The number of nitrogens with one attached hydrogen (secondary N) is 1. The zero-order valence-corrected chi connectivity index (χ0v) is 17.8. The van der Waals surface area contributed by atoms with Crippen LogP contribution in [-0.4, -0.2) is 25.5 Å². The van der Waals surface area contributed by atoms with E-state index >= 15 is 0 Å². The molecule has 1 N–H and O–H groups in total. The third-order valence-electron chi connectivity index (χ3n) is 4.31. The Balaban J connectivity index is 1.75. The van der Waals surface area contributed by atoms with E-state index in [1.54, 1.807) is 54.4 Å². The first-order valence-corrected chi connectivity index (χ1v) is 9.95. The first kappa shape index (κ1) is 20.6. The lowest BCUT2D eigenvalue weighted by molar-refractivity contribution is 0.0990. The Morgan fingerprint density at radius 3 is 2.41 bits per heavy atom. The van der Waals surface area contributed by atoms with E-state index in [1.165, 1.54) is 0 Å². The van der Waals surface area contributed by atoms with Crippen molar-refractivity contribution < 1.29 is 14.3 Å². The lowest BCUT2D eigenvalue weighted by Gasteiger charge is -2.17. The van der Waals surface area contributed by atoms with Crippen molar-refractivity contribution in [2.75, 3.05) is 23.9 Å². The van der Waals surface area contributed by atoms with Gasteiger partial charge in [-0.1, -0.05) is 24.3 Å². The highest BCUT2D eigenvalue weighted by molar-refractivity contribution is 9.10. The van der Waals surface area contributed by atoms with Crippen molar-refractivity contribution in [2.45, 2.75) is 6.92 Å². The molecule has 6 heteroatoms. The molecular weight excluding hydrogens is 432 g/mol. The normalized spacial score (nSPS) is 10.3. The average molecular weight is 453 g/mol. The number of hydrogen-bond acceptors (Lipinski definition) is 3. The summed E-state index contributed by atoms with van der Waals surface area (Å²) in [5.41, 5.74) is 2.32. The van der Waals surface area contributed by atoms with Gasteiger partial charge < -0.3 is 15.0 Å². The minimum atomic E-state index is -0.269. The number of para-hydroxylation sites is 1.